The molecule has 0 saturated carbocycles. The van der Waals surface area contributed by atoms with E-state index >= 15 is 0 Å². The summed E-state index contributed by atoms with van der Waals surface area (Å²) in [6.45, 7) is 0. The van der Waals surface area contributed by atoms with Gasteiger partial charge in [-0.05, 0) is 24.4 Å². The Morgan fingerprint density at radius 3 is 2.39 bits per heavy atom. The second-order valence-electron chi connectivity index (χ2n) is 4.03. The van der Waals surface area contributed by atoms with Gasteiger partial charge in [-0.25, -0.2) is 8.42 Å². The number of nitrogens with zero attached hydrogens (tertiary/aromatic N) is 2. The topological polar surface area (TPSA) is 80.5 Å². The SMILES string of the molecule is CN(C)/C=C/c1cc(S(C)(=O)=O)ccc1[N+](=O)[O-]. The second kappa shape index (κ2) is 5.18. The van der Waals surface area contributed by atoms with Gasteiger partial charge < -0.3 is 4.90 Å². The minimum absolute atomic E-state index is 0.0616. The molecule has 1 aromatic rings. The van der Waals surface area contributed by atoms with Gasteiger partial charge in [-0.1, -0.05) is 0 Å². The largest absolute Gasteiger partial charge is 0.383 e. The molecular formula is C11H14N2O4S. The van der Waals surface area contributed by atoms with E-state index in [4.69, 9.17) is 0 Å². The fourth-order valence-corrected chi connectivity index (χ4v) is 1.95. The van der Waals surface area contributed by atoms with E-state index in [2.05, 4.69) is 0 Å². The number of nitro benzene ring substituents is 1. The minimum atomic E-state index is -3.38. The molecule has 0 bridgehead atoms. The molecule has 1 aromatic carbocycles. The van der Waals surface area contributed by atoms with Crippen LogP contribution in [0.1, 0.15) is 5.56 Å². The molecule has 0 spiro atoms. The van der Waals surface area contributed by atoms with Gasteiger partial charge in [0.25, 0.3) is 5.69 Å². The molecule has 0 amide bonds. The molecule has 6 nitrogen and oxygen atoms in total. The highest BCUT2D eigenvalue weighted by molar-refractivity contribution is 7.90. The normalized spacial score (nSPS) is 11.7. The number of hydrogen-bond acceptors (Lipinski definition) is 5. The van der Waals surface area contributed by atoms with Crippen molar-refractivity contribution in [2.45, 2.75) is 4.90 Å². The van der Waals surface area contributed by atoms with Gasteiger partial charge in [-0.15, -0.1) is 0 Å². The lowest BCUT2D eigenvalue weighted by atomic mass is 10.2. The number of hydrogen-bond donors (Lipinski definition) is 0. The van der Waals surface area contributed by atoms with Crippen LogP contribution in [-0.2, 0) is 9.84 Å². The van der Waals surface area contributed by atoms with Crippen molar-refractivity contribution in [1.29, 1.82) is 0 Å². The predicted molar refractivity (Wildman–Crippen MR) is 68.9 cm³/mol. The van der Waals surface area contributed by atoms with E-state index < -0.39 is 14.8 Å². The molecule has 0 saturated heterocycles. The number of sulfone groups is 1. The molecule has 0 N–H and O–H groups in total. The van der Waals surface area contributed by atoms with Crippen molar-refractivity contribution >= 4 is 21.6 Å². The number of rotatable bonds is 4. The van der Waals surface area contributed by atoms with Gasteiger partial charge in [0.15, 0.2) is 9.84 Å². The van der Waals surface area contributed by atoms with E-state index in [0.29, 0.717) is 0 Å². The van der Waals surface area contributed by atoms with Gasteiger partial charge in [-0.2, -0.15) is 0 Å². The lowest BCUT2D eigenvalue weighted by molar-refractivity contribution is -0.385. The molecule has 7 heteroatoms. The highest BCUT2D eigenvalue weighted by atomic mass is 32.2. The average Bonchev–Trinajstić information content (AvgIpc) is 2.24. The summed E-state index contributed by atoms with van der Waals surface area (Å²) in [5.74, 6) is 0. The second-order valence-corrected chi connectivity index (χ2v) is 6.04. The summed E-state index contributed by atoms with van der Waals surface area (Å²) in [6, 6.07) is 3.74. The molecule has 0 aromatic heterocycles. The Kier molecular flexibility index (Phi) is 4.07. The monoisotopic (exact) mass is 270 g/mol. The molecule has 1 rings (SSSR count). The average molecular weight is 270 g/mol. The van der Waals surface area contributed by atoms with Crippen LogP contribution in [0.5, 0.6) is 0 Å². The standard InChI is InChI=1S/C11H14N2O4S/c1-12(2)7-6-9-8-10(18(3,16)17)4-5-11(9)13(14)15/h4-8H,1-3H3/b7-6+. The van der Waals surface area contributed by atoms with Crippen LogP contribution in [0, 0.1) is 10.1 Å². The molecule has 0 radical (unpaired) electrons. The minimum Gasteiger partial charge on any atom is -0.383 e. The van der Waals surface area contributed by atoms with Crippen molar-refractivity contribution < 1.29 is 13.3 Å². The fraction of sp³-hybridized carbons (Fsp3) is 0.273. The Morgan fingerprint density at radius 2 is 1.94 bits per heavy atom. The van der Waals surface area contributed by atoms with Gasteiger partial charge in [-0.3, -0.25) is 10.1 Å². The molecule has 0 aliphatic heterocycles. The van der Waals surface area contributed by atoms with Crippen LogP contribution in [0.25, 0.3) is 6.08 Å². The van der Waals surface area contributed by atoms with Gasteiger partial charge in [0.2, 0.25) is 0 Å². The molecule has 0 unspecified atom stereocenters. The first-order valence-corrected chi connectivity index (χ1v) is 6.94. The first kappa shape index (κ1) is 14.2. The van der Waals surface area contributed by atoms with E-state index in [0.717, 1.165) is 6.26 Å². The smallest absolute Gasteiger partial charge is 0.276 e. The van der Waals surface area contributed by atoms with E-state index in [-0.39, 0.29) is 16.1 Å². The van der Waals surface area contributed by atoms with Crippen molar-refractivity contribution in [1.82, 2.24) is 4.90 Å². The Labute approximate surface area is 106 Å². The summed E-state index contributed by atoms with van der Waals surface area (Å²) in [6.07, 6.45) is 4.19. The summed E-state index contributed by atoms with van der Waals surface area (Å²) in [4.78, 5) is 12.1. The maximum Gasteiger partial charge on any atom is 0.276 e. The molecule has 18 heavy (non-hydrogen) atoms. The number of nitro groups is 1. The van der Waals surface area contributed by atoms with Crippen LogP contribution < -0.4 is 0 Å². The first-order chi connectivity index (χ1) is 8.21. The van der Waals surface area contributed by atoms with Crippen LogP contribution in [0.15, 0.2) is 29.3 Å². The number of benzene rings is 1. The maximum absolute atomic E-state index is 11.4. The summed E-state index contributed by atoms with van der Waals surface area (Å²) in [7, 11) is 0.157. The van der Waals surface area contributed by atoms with Crippen LogP contribution in [-0.4, -0.2) is 38.6 Å². The summed E-state index contributed by atoms with van der Waals surface area (Å²) in [5, 5.41) is 10.8. The summed E-state index contributed by atoms with van der Waals surface area (Å²) >= 11 is 0. The Balaban J connectivity index is 3.38. The van der Waals surface area contributed by atoms with Crippen LogP contribution >= 0.6 is 0 Å². The third-order valence-electron chi connectivity index (χ3n) is 2.18. The van der Waals surface area contributed by atoms with Crippen LogP contribution in [0.3, 0.4) is 0 Å². The molecule has 0 fully saturated rings. The van der Waals surface area contributed by atoms with Crippen molar-refractivity contribution in [3.05, 3.63) is 40.1 Å². The van der Waals surface area contributed by atoms with E-state index in [9.17, 15) is 18.5 Å². The van der Waals surface area contributed by atoms with Gasteiger partial charge in [0.05, 0.1) is 15.4 Å². The molecule has 0 aliphatic rings. The van der Waals surface area contributed by atoms with Crippen molar-refractivity contribution in [2.75, 3.05) is 20.4 Å². The third kappa shape index (κ3) is 3.56. The Hall–Kier alpha value is -1.89. The molecule has 98 valence electrons. The van der Waals surface area contributed by atoms with E-state index in [1.165, 1.54) is 24.3 Å². The van der Waals surface area contributed by atoms with Crippen LogP contribution in [0.4, 0.5) is 5.69 Å². The molecule has 0 atom stereocenters. The third-order valence-corrected chi connectivity index (χ3v) is 3.29. The molecule has 0 aliphatic carbocycles. The van der Waals surface area contributed by atoms with E-state index in [1.807, 2.05) is 0 Å². The highest BCUT2D eigenvalue weighted by Gasteiger charge is 2.16. The van der Waals surface area contributed by atoms with Crippen molar-refractivity contribution in [2.24, 2.45) is 0 Å². The fourth-order valence-electron chi connectivity index (χ4n) is 1.29. The van der Waals surface area contributed by atoms with E-state index in [1.54, 1.807) is 25.2 Å². The zero-order valence-corrected chi connectivity index (χ0v) is 11.1. The lowest BCUT2D eigenvalue weighted by Gasteiger charge is -2.05. The van der Waals surface area contributed by atoms with Crippen molar-refractivity contribution in [3.8, 4) is 0 Å². The van der Waals surface area contributed by atoms with Gasteiger partial charge in [0.1, 0.15) is 0 Å². The summed E-state index contributed by atoms with van der Waals surface area (Å²) < 4.78 is 22.8. The Morgan fingerprint density at radius 1 is 1.33 bits per heavy atom. The predicted octanol–water partition coefficient (Wildman–Crippen LogP) is 1.53. The Bertz CT molecular complexity index is 591. The first-order valence-electron chi connectivity index (χ1n) is 5.05. The van der Waals surface area contributed by atoms with Gasteiger partial charge >= 0.3 is 0 Å². The zero-order valence-electron chi connectivity index (χ0n) is 10.3. The molecule has 0 heterocycles. The highest BCUT2D eigenvalue weighted by Crippen LogP contribution is 2.23. The zero-order chi connectivity index (χ0) is 13.9. The molecular weight excluding hydrogens is 256 g/mol. The van der Waals surface area contributed by atoms with Crippen LogP contribution in [0.2, 0.25) is 0 Å². The maximum atomic E-state index is 11.4. The quantitative estimate of drug-likeness (QED) is 0.612. The van der Waals surface area contributed by atoms with Gasteiger partial charge in [0, 0.05) is 26.4 Å². The lowest BCUT2D eigenvalue weighted by Crippen LogP contribution is -2.02. The summed E-state index contributed by atoms with van der Waals surface area (Å²) in [5.41, 5.74) is 0.136. The van der Waals surface area contributed by atoms with Crippen molar-refractivity contribution in [3.63, 3.8) is 0 Å².